The number of nitrogens with zero attached hydrogens (tertiary/aromatic N) is 5. The fraction of sp³-hybridized carbons (Fsp3) is 0.286. The van der Waals surface area contributed by atoms with Crippen molar-refractivity contribution in [2.75, 3.05) is 13.1 Å². The Morgan fingerprint density at radius 1 is 1.29 bits per heavy atom. The third kappa shape index (κ3) is 3.98. The second-order valence-corrected chi connectivity index (χ2v) is 8.95. The first-order chi connectivity index (χ1) is 15.1. The van der Waals surface area contributed by atoms with Gasteiger partial charge < -0.3 is 9.88 Å². The second-order valence-electron chi connectivity index (χ2n) is 7.57. The standard InChI is InChI=1S/C21H19ClN6O2S/c22-15-6-1-4-13(10-15)11-28-19-17(25-26-28)20(29)24-18(23-19)14-5-2-8-27(12-14)21(30)16-7-3-9-31-16/h1,3-4,6-7,9-10,14H,2,5,8,11-12H2,(H,23,24,29)/t14-/m1/s1. The maximum atomic E-state index is 12.8. The number of hydrogen-bond acceptors (Lipinski definition) is 6. The third-order valence-corrected chi connectivity index (χ3v) is 6.53. The molecule has 0 bridgehead atoms. The van der Waals surface area contributed by atoms with E-state index in [9.17, 15) is 9.59 Å². The van der Waals surface area contributed by atoms with Crippen LogP contribution in [0.1, 0.15) is 39.8 Å². The summed E-state index contributed by atoms with van der Waals surface area (Å²) < 4.78 is 1.61. The highest BCUT2D eigenvalue weighted by Crippen LogP contribution is 2.26. The van der Waals surface area contributed by atoms with Crippen LogP contribution in [0.4, 0.5) is 0 Å². The number of carbonyl (C=O) groups is 1. The summed E-state index contributed by atoms with van der Waals surface area (Å²) in [6, 6.07) is 11.2. The lowest BCUT2D eigenvalue weighted by atomic mass is 9.97. The van der Waals surface area contributed by atoms with Crippen molar-refractivity contribution < 1.29 is 4.79 Å². The number of carbonyl (C=O) groups excluding carboxylic acids is 1. The van der Waals surface area contributed by atoms with Crippen LogP contribution >= 0.6 is 22.9 Å². The van der Waals surface area contributed by atoms with Gasteiger partial charge in [-0.05, 0) is 42.0 Å². The van der Waals surface area contributed by atoms with Crippen molar-refractivity contribution in [3.05, 3.63) is 73.4 Å². The van der Waals surface area contributed by atoms with E-state index in [1.165, 1.54) is 11.3 Å². The Morgan fingerprint density at radius 2 is 2.19 bits per heavy atom. The Morgan fingerprint density at radius 3 is 3.00 bits per heavy atom. The number of thiophene rings is 1. The van der Waals surface area contributed by atoms with E-state index >= 15 is 0 Å². The zero-order chi connectivity index (χ0) is 21.4. The molecule has 0 radical (unpaired) electrons. The molecule has 1 aliphatic heterocycles. The van der Waals surface area contributed by atoms with Gasteiger partial charge in [-0.1, -0.05) is 35.0 Å². The summed E-state index contributed by atoms with van der Waals surface area (Å²) in [7, 11) is 0. The zero-order valence-corrected chi connectivity index (χ0v) is 18.1. The first-order valence-corrected chi connectivity index (χ1v) is 11.2. The van der Waals surface area contributed by atoms with Crippen LogP contribution in [0.2, 0.25) is 5.02 Å². The van der Waals surface area contributed by atoms with E-state index < -0.39 is 0 Å². The summed E-state index contributed by atoms with van der Waals surface area (Å²) in [4.78, 5) is 35.6. The molecule has 158 valence electrons. The van der Waals surface area contributed by atoms with Gasteiger partial charge in [-0.15, -0.1) is 16.4 Å². The van der Waals surface area contributed by atoms with E-state index in [1.54, 1.807) is 10.7 Å². The monoisotopic (exact) mass is 454 g/mol. The predicted molar refractivity (Wildman–Crippen MR) is 119 cm³/mol. The number of piperidine rings is 1. The average molecular weight is 455 g/mol. The minimum Gasteiger partial charge on any atom is -0.337 e. The molecule has 1 atom stereocenters. The fourth-order valence-electron chi connectivity index (χ4n) is 3.93. The normalized spacial score (nSPS) is 16.7. The number of rotatable bonds is 4. The predicted octanol–water partition coefficient (Wildman–Crippen LogP) is 3.30. The molecule has 1 aromatic carbocycles. The Bertz CT molecular complexity index is 1300. The molecule has 1 saturated heterocycles. The Labute approximate surface area is 186 Å². The molecule has 0 unspecified atom stereocenters. The number of fused-ring (bicyclic) bond motifs is 1. The summed E-state index contributed by atoms with van der Waals surface area (Å²) in [6.07, 6.45) is 1.70. The Hall–Kier alpha value is -3.04. The first kappa shape index (κ1) is 19.9. The molecule has 4 heterocycles. The highest BCUT2D eigenvalue weighted by atomic mass is 35.5. The molecule has 1 fully saturated rings. The minimum absolute atomic E-state index is 0.0239. The Kier molecular flexibility index (Phi) is 5.29. The van der Waals surface area contributed by atoms with Crippen LogP contribution in [-0.2, 0) is 6.54 Å². The number of amides is 1. The fourth-order valence-corrected chi connectivity index (χ4v) is 4.84. The lowest BCUT2D eigenvalue weighted by Gasteiger charge is -2.31. The van der Waals surface area contributed by atoms with Crippen LogP contribution in [0.15, 0.2) is 46.6 Å². The highest BCUT2D eigenvalue weighted by Gasteiger charge is 2.28. The molecule has 0 aliphatic carbocycles. The second kappa shape index (κ2) is 8.24. The van der Waals surface area contributed by atoms with Crippen LogP contribution in [0.25, 0.3) is 11.2 Å². The number of benzene rings is 1. The highest BCUT2D eigenvalue weighted by molar-refractivity contribution is 7.12. The topological polar surface area (TPSA) is 96.8 Å². The summed E-state index contributed by atoms with van der Waals surface area (Å²) >= 11 is 7.52. The van der Waals surface area contributed by atoms with Gasteiger partial charge in [0.15, 0.2) is 11.2 Å². The third-order valence-electron chi connectivity index (χ3n) is 5.44. The molecule has 1 N–H and O–H groups in total. The van der Waals surface area contributed by atoms with Crippen molar-refractivity contribution in [3.63, 3.8) is 0 Å². The van der Waals surface area contributed by atoms with E-state index in [0.29, 0.717) is 36.1 Å². The van der Waals surface area contributed by atoms with E-state index in [-0.39, 0.29) is 22.9 Å². The van der Waals surface area contributed by atoms with Crippen LogP contribution < -0.4 is 5.56 Å². The van der Waals surface area contributed by atoms with E-state index in [0.717, 1.165) is 23.3 Å². The molecule has 5 rings (SSSR count). The molecule has 0 spiro atoms. The van der Waals surface area contributed by atoms with E-state index in [4.69, 9.17) is 16.6 Å². The Balaban J connectivity index is 1.44. The van der Waals surface area contributed by atoms with Gasteiger partial charge in [-0.3, -0.25) is 9.59 Å². The number of nitrogens with one attached hydrogen (secondary N) is 1. The average Bonchev–Trinajstić information content (AvgIpc) is 3.44. The molecule has 10 heteroatoms. The van der Waals surface area contributed by atoms with Crippen LogP contribution in [0, 0.1) is 0 Å². The molecular weight excluding hydrogens is 436 g/mol. The van der Waals surface area contributed by atoms with Crippen molar-refractivity contribution in [3.8, 4) is 0 Å². The quantitative estimate of drug-likeness (QED) is 0.510. The lowest BCUT2D eigenvalue weighted by molar-refractivity contribution is 0.0709. The van der Waals surface area contributed by atoms with Gasteiger partial charge >= 0.3 is 0 Å². The molecular formula is C21H19ClN6O2S. The van der Waals surface area contributed by atoms with E-state index in [1.807, 2.05) is 40.6 Å². The molecule has 3 aromatic heterocycles. The number of H-pyrrole nitrogens is 1. The van der Waals surface area contributed by atoms with Gasteiger partial charge in [0, 0.05) is 24.0 Å². The van der Waals surface area contributed by atoms with Gasteiger partial charge in [0.25, 0.3) is 11.5 Å². The maximum absolute atomic E-state index is 12.8. The van der Waals surface area contributed by atoms with Crippen molar-refractivity contribution in [1.29, 1.82) is 0 Å². The molecule has 1 amide bonds. The van der Waals surface area contributed by atoms with Gasteiger partial charge in [0.1, 0.15) is 5.82 Å². The van der Waals surface area contributed by atoms with Gasteiger partial charge in [0.2, 0.25) is 0 Å². The van der Waals surface area contributed by atoms with Crippen molar-refractivity contribution in [2.24, 2.45) is 0 Å². The van der Waals surface area contributed by atoms with Gasteiger partial charge in [0.05, 0.1) is 11.4 Å². The molecule has 1 aliphatic rings. The largest absolute Gasteiger partial charge is 0.337 e. The zero-order valence-electron chi connectivity index (χ0n) is 16.5. The van der Waals surface area contributed by atoms with Crippen molar-refractivity contribution >= 4 is 40.0 Å². The number of halogens is 1. The first-order valence-electron chi connectivity index (χ1n) is 9.99. The van der Waals surface area contributed by atoms with Crippen LogP contribution in [-0.4, -0.2) is 48.9 Å². The number of aromatic nitrogens is 5. The number of aromatic amines is 1. The van der Waals surface area contributed by atoms with Crippen LogP contribution in [0.5, 0.6) is 0 Å². The summed E-state index contributed by atoms with van der Waals surface area (Å²) in [5, 5.41) is 10.7. The minimum atomic E-state index is -0.320. The van der Waals surface area contributed by atoms with E-state index in [2.05, 4.69) is 15.3 Å². The molecule has 8 nitrogen and oxygen atoms in total. The van der Waals surface area contributed by atoms with Gasteiger partial charge in [-0.25, -0.2) is 9.67 Å². The maximum Gasteiger partial charge on any atom is 0.281 e. The smallest absolute Gasteiger partial charge is 0.281 e. The lowest BCUT2D eigenvalue weighted by Crippen LogP contribution is -2.39. The number of hydrogen-bond donors (Lipinski definition) is 1. The SMILES string of the molecule is O=C(c1cccs1)N1CCC[C@@H](c2nc3c(nnn3Cc3cccc(Cl)c3)c(=O)[nH]2)C1. The van der Waals surface area contributed by atoms with Gasteiger partial charge in [-0.2, -0.15) is 0 Å². The summed E-state index contributed by atoms with van der Waals surface area (Å²) in [6.45, 7) is 1.62. The van der Waals surface area contributed by atoms with Crippen molar-refractivity contribution in [1.82, 2.24) is 29.9 Å². The van der Waals surface area contributed by atoms with Crippen LogP contribution in [0.3, 0.4) is 0 Å². The summed E-state index contributed by atoms with van der Waals surface area (Å²) in [5.74, 6) is 0.538. The molecule has 31 heavy (non-hydrogen) atoms. The molecule has 0 saturated carbocycles. The van der Waals surface area contributed by atoms with Crippen molar-refractivity contribution in [2.45, 2.75) is 25.3 Å². The number of likely N-dealkylation sites (tertiary alicyclic amines) is 1. The molecule has 4 aromatic rings. The summed E-state index contributed by atoms with van der Waals surface area (Å²) in [5.41, 5.74) is 1.25.